The number of terminal acetylenes is 1. The Kier molecular flexibility index (Phi) is 13.5. The molecule has 2 N–H and O–H groups in total. The van der Waals surface area contributed by atoms with Crippen LogP contribution in [0.3, 0.4) is 0 Å². The number of nitrogens with zero attached hydrogens (tertiary/aromatic N) is 1. The lowest BCUT2D eigenvalue weighted by Gasteiger charge is -2.35. The van der Waals surface area contributed by atoms with Gasteiger partial charge in [0.15, 0.2) is 0 Å². The van der Waals surface area contributed by atoms with Gasteiger partial charge in [-0.15, -0.1) is 6.42 Å². The highest BCUT2D eigenvalue weighted by Crippen LogP contribution is 2.25. The first-order valence-electron chi connectivity index (χ1n) is 12.6. The Morgan fingerprint density at radius 1 is 1.08 bits per heavy atom. The van der Waals surface area contributed by atoms with Gasteiger partial charge in [-0.3, -0.25) is 9.59 Å². The number of amides is 3. The largest absolute Gasteiger partial charge is 0.444 e. The lowest BCUT2D eigenvalue weighted by atomic mass is 10.00. The van der Waals surface area contributed by atoms with E-state index in [-0.39, 0.29) is 17.9 Å². The predicted molar refractivity (Wildman–Crippen MR) is 148 cm³/mol. The number of nitrogens with one attached hydrogen (secondary N) is 2. The first kappa shape index (κ1) is 31.4. The second-order valence-corrected chi connectivity index (χ2v) is 10.9. The number of hydrogen-bond acceptors (Lipinski definition) is 5. The number of ether oxygens (including phenoxy) is 1. The Labute approximate surface area is 221 Å². The van der Waals surface area contributed by atoms with Crippen LogP contribution in [0.5, 0.6) is 0 Å². The first-order chi connectivity index (χ1) is 17.0. The molecular weight excluding hydrogens is 474 g/mol. The number of rotatable bonds is 13. The lowest BCUT2D eigenvalue weighted by Crippen LogP contribution is -2.54. The van der Waals surface area contributed by atoms with Crippen LogP contribution in [0.1, 0.15) is 84.4 Å². The summed E-state index contributed by atoms with van der Waals surface area (Å²) in [6.45, 7) is 11.6. The van der Waals surface area contributed by atoms with Crippen molar-refractivity contribution in [1.82, 2.24) is 15.5 Å². The van der Waals surface area contributed by atoms with Crippen LogP contribution < -0.4 is 10.6 Å². The van der Waals surface area contributed by atoms with E-state index < -0.39 is 23.8 Å². The Bertz CT molecular complexity index is 890. The molecule has 0 saturated carbocycles. The van der Waals surface area contributed by atoms with Gasteiger partial charge >= 0.3 is 6.09 Å². The summed E-state index contributed by atoms with van der Waals surface area (Å²) >= 11 is 1.58. The summed E-state index contributed by atoms with van der Waals surface area (Å²) in [7, 11) is 0. The maximum absolute atomic E-state index is 13.9. The van der Waals surface area contributed by atoms with Crippen LogP contribution >= 0.6 is 11.8 Å². The predicted octanol–water partition coefficient (Wildman–Crippen LogP) is 4.90. The normalized spacial score (nSPS) is 13.6. The highest BCUT2D eigenvalue weighted by atomic mass is 32.2. The Hall–Kier alpha value is -2.66. The third-order valence-electron chi connectivity index (χ3n) is 5.41. The molecular formula is C28H43N3O4S. The monoisotopic (exact) mass is 517 g/mol. The molecule has 8 heteroatoms. The molecule has 0 aromatic heterocycles. The van der Waals surface area contributed by atoms with E-state index in [2.05, 4.69) is 23.5 Å². The van der Waals surface area contributed by atoms with Crippen molar-refractivity contribution >= 4 is 29.7 Å². The summed E-state index contributed by atoms with van der Waals surface area (Å²) in [5.74, 6) is 2.67. The molecule has 0 aliphatic heterocycles. The third kappa shape index (κ3) is 10.5. The fraction of sp³-hybridized carbons (Fsp3) is 0.607. The second kappa shape index (κ2) is 15.5. The van der Waals surface area contributed by atoms with Crippen LogP contribution in [0.2, 0.25) is 0 Å². The maximum atomic E-state index is 13.9. The van der Waals surface area contributed by atoms with Crippen LogP contribution in [0.4, 0.5) is 4.79 Å². The minimum atomic E-state index is -0.860. The Balaban J connectivity index is 3.42. The van der Waals surface area contributed by atoms with Gasteiger partial charge in [-0.05, 0) is 76.7 Å². The van der Waals surface area contributed by atoms with Gasteiger partial charge in [0, 0.05) is 18.2 Å². The Morgan fingerprint density at radius 2 is 1.72 bits per heavy atom. The van der Waals surface area contributed by atoms with Crippen molar-refractivity contribution < 1.29 is 19.1 Å². The van der Waals surface area contributed by atoms with E-state index in [1.54, 1.807) is 61.7 Å². The first-order valence-corrected chi connectivity index (χ1v) is 14.0. The van der Waals surface area contributed by atoms with Crippen LogP contribution in [0, 0.1) is 12.3 Å². The molecule has 3 atom stereocenters. The van der Waals surface area contributed by atoms with E-state index in [0.717, 1.165) is 12.8 Å². The Morgan fingerprint density at radius 3 is 2.22 bits per heavy atom. The lowest BCUT2D eigenvalue weighted by molar-refractivity contribution is -0.142. The molecule has 3 amide bonds. The van der Waals surface area contributed by atoms with E-state index in [9.17, 15) is 14.4 Å². The zero-order valence-electron chi connectivity index (χ0n) is 22.8. The molecule has 1 aromatic carbocycles. The van der Waals surface area contributed by atoms with Crippen molar-refractivity contribution in [2.75, 3.05) is 18.6 Å². The van der Waals surface area contributed by atoms with Crippen LogP contribution in [0.15, 0.2) is 24.3 Å². The number of carbonyl (C=O) groups excluding carboxylic acids is 3. The summed E-state index contributed by atoms with van der Waals surface area (Å²) in [6, 6.07) is 5.39. The zero-order chi connectivity index (χ0) is 27.3. The molecule has 0 spiro atoms. The zero-order valence-corrected chi connectivity index (χ0v) is 23.7. The molecule has 0 saturated heterocycles. The molecule has 0 bridgehead atoms. The van der Waals surface area contributed by atoms with E-state index in [4.69, 9.17) is 11.2 Å². The SMILES string of the molecule is C#Cc1ccc(C(C(=O)NC(C)CCC)N(CCC)C(=O)C(CCSC)NC(=O)OC(C)(C)C)cc1. The van der Waals surface area contributed by atoms with E-state index in [1.165, 1.54) is 0 Å². The fourth-order valence-corrected chi connectivity index (χ4v) is 4.28. The van der Waals surface area contributed by atoms with Gasteiger partial charge in [-0.2, -0.15) is 11.8 Å². The van der Waals surface area contributed by atoms with E-state index in [0.29, 0.717) is 36.3 Å². The summed E-state index contributed by atoms with van der Waals surface area (Å²) in [4.78, 5) is 41.7. The molecule has 0 heterocycles. The van der Waals surface area contributed by atoms with Crippen molar-refractivity contribution in [3.63, 3.8) is 0 Å². The number of alkyl carbamates (subject to hydrolysis) is 1. The van der Waals surface area contributed by atoms with Crippen molar-refractivity contribution in [2.24, 2.45) is 0 Å². The van der Waals surface area contributed by atoms with Crippen LogP contribution in [0.25, 0.3) is 0 Å². The van der Waals surface area contributed by atoms with E-state index >= 15 is 0 Å². The van der Waals surface area contributed by atoms with Gasteiger partial charge < -0.3 is 20.3 Å². The fourth-order valence-electron chi connectivity index (χ4n) is 3.81. The number of benzene rings is 1. The molecule has 1 rings (SSSR count). The molecule has 36 heavy (non-hydrogen) atoms. The molecule has 1 aromatic rings. The average Bonchev–Trinajstić information content (AvgIpc) is 2.80. The molecule has 0 fully saturated rings. The molecule has 0 aliphatic rings. The van der Waals surface area contributed by atoms with Crippen LogP contribution in [-0.4, -0.2) is 59.0 Å². The second-order valence-electron chi connectivity index (χ2n) is 9.88. The third-order valence-corrected chi connectivity index (χ3v) is 6.05. The van der Waals surface area contributed by atoms with E-state index in [1.807, 2.05) is 20.1 Å². The molecule has 200 valence electrons. The summed E-state index contributed by atoms with van der Waals surface area (Å²) < 4.78 is 5.41. The minimum absolute atomic E-state index is 0.0410. The number of carbonyl (C=O) groups is 3. The standard InChI is InChI=1S/C28H43N3O4S/c1-9-12-20(4)29-25(32)24(22-15-13-21(11-3)14-16-22)31(18-10-2)26(33)23(17-19-36-8)30-27(34)35-28(5,6)7/h3,13-16,20,23-24H,9-10,12,17-19H2,1-2,4-8H3,(H,29,32)(H,30,34). The highest BCUT2D eigenvalue weighted by molar-refractivity contribution is 7.98. The average molecular weight is 518 g/mol. The van der Waals surface area contributed by atoms with Gasteiger partial charge in [0.05, 0.1) is 0 Å². The summed E-state index contributed by atoms with van der Waals surface area (Å²) in [5, 5.41) is 5.81. The summed E-state index contributed by atoms with van der Waals surface area (Å²) in [5.41, 5.74) is 0.657. The minimum Gasteiger partial charge on any atom is -0.444 e. The maximum Gasteiger partial charge on any atom is 0.408 e. The quantitative estimate of drug-likeness (QED) is 0.364. The van der Waals surface area contributed by atoms with Gasteiger partial charge in [-0.25, -0.2) is 4.79 Å². The summed E-state index contributed by atoms with van der Waals surface area (Å²) in [6.07, 6.45) is 9.61. The molecule has 7 nitrogen and oxygen atoms in total. The van der Waals surface area contributed by atoms with Crippen molar-refractivity contribution in [3.8, 4) is 12.3 Å². The molecule has 0 aliphatic carbocycles. The van der Waals surface area contributed by atoms with Crippen molar-refractivity contribution in [2.45, 2.75) is 91.0 Å². The molecule has 0 radical (unpaired) electrons. The smallest absolute Gasteiger partial charge is 0.408 e. The topological polar surface area (TPSA) is 87.7 Å². The number of hydrogen-bond donors (Lipinski definition) is 2. The van der Waals surface area contributed by atoms with Gasteiger partial charge in [0.25, 0.3) is 0 Å². The van der Waals surface area contributed by atoms with Crippen LogP contribution in [-0.2, 0) is 14.3 Å². The van der Waals surface area contributed by atoms with Gasteiger partial charge in [0.1, 0.15) is 17.7 Å². The van der Waals surface area contributed by atoms with Gasteiger partial charge in [-0.1, -0.05) is 38.3 Å². The van der Waals surface area contributed by atoms with Crippen molar-refractivity contribution in [3.05, 3.63) is 35.4 Å². The number of thioether (sulfide) groups is 1. The van der Waals surface area contributed by atoms with Gasteiger partial charge in [0.2, 0.25) is 11.8 Å². The molecule has 3 unspecified atom stereocenters. The highest BCUT2D eigenvalue weighted by Gasteiger charge is 2.36. The van der Waals surface area contributed by atoms with Crippen molar-refractivity contribution in [1.29, 1.82) is 0 Å².